The molecule has 0 fully saturated rings. The van der Waals surface area contributed by atoms with E-state index in [0.717, 1.165) is 22.5 Å². The predicted octanol–water partition coefficient (Wildman–Crippen LogP) is 5.44. The number of nitrogens with one attached hydrogen (secondary N) is 2. The summed E-state index contributed by atoms with van der Waals surface area (Å²) in [6, 6.07) is 23.2. The first kappa shape index (κ1) is 25.8. The SMILES string of the molecule is C=C(Nc1c(-c2ccc(C#CC(=O)Nc3ccc(C(=O)O)cc3)cc2)cnn1C)O[C@H](C)c1ccccc1. The molecule has 38 heavy (non-hydrogen) atoms. The number of benzene rings is 3. The van der Waals surface area contributed by atoms with Crippen LogP contribution in [0.2, 0.25) is 0 Å². The Kier molecular flexibility index (Phi) is 7.89. The fraction of sp³-hybridized carbons (Fsp3) is 0.100. The molecule has 4 aromatic rings. The maximum Gasteiger partial charge on any atom is 0.335 e. The fourth-order valence-electron chi connectivity index (χ4n) is 3.68. The number of carboxylic acid groups (broad SMARTS) is 1. The lowest BCUT2D eigenvalue weighted by Crippen LogP contribution is -2.10. The van der Waals surface area contributed by atoms with Crippen LogP contribution < -0.4 is 10.6 Å². The molecule has 1 atom stereocenters. The number of hydrogen-bond acceptors (Lipinski definition) is 5. The summed E-state index contributed by atoms with van der Waals surface area (Å²) in [4.78, 5) is 23.1. The van der Waals surface area contributed by atoms with Gasteiger partial charge in [0.1, 0.15) is 11.9 Å². The van der Waals surface area contributed by atoms with Crippen LogP contribution in [0.15, 0.2) is 97.5 Å². The third-order valence-electron chi connectivity index (χ3n) is 5.69. The van der Waals surface area contributed by atoms with Crippen molar-refractivity contribution < 1.29 is 19.4 Å². The topological polar surface area (TPSA) is 105 Å². The molecule has 0 aliphatic rings. The average molecular weight is 507 g/mol. The van der Waals surface area contributed by atoms with Crippen LogP contribution in [0, 0.1) is 11.8 Å². The maximum atomic E-state index is 12.2. The number of nitrogens with zero attached hydrogens (tertiary/aromatic N) is 2. The summed E-state index contributed by atoms with van der Waals surface area (Å²) < 4.78 is 7.67. The van der Waals surface area contributed by atoms with Crippen LogP contribution in [0.1, 0.15) is 34.5 Å². The van der Waals surface area contributed by atoms with Crippen molar-refractivity contribution in [3.63, 3.8) is 0 Å². The van der Waals surface area contributed by atoms with Crippen molar-refractivity contribution in [1.82, 2.24) is 9.78 Å². The monoisotopic (exact) mass is 506 g/mol. The number of ether oxygens (including phenoxy) is 1. The van der Waals surface area contributed by atoms with Gasteiger partial charge in [0.05, 0.1) is 11.8 Å². The number of carbonyl (C=O) groups is 2. The van der Waals surface area contributed by atoms with E-state index in [1.54, 1.807) is 10.9 Å². The fourth-order valence-corrected chi connectivity index (χ4v) is 3.68. The van der Waals surface area contributed by atoms with E-state index in [1.807, 2.05) is 68.6 Å². The molecule has 0 saturated heterocycles. The van der Waals surface area contributed by atoms with Gasteiger partial charge in [-0.3, -0.25) is 9.48 Å². The molecule has 0 spiro atoms. The molecule has 4 rings (SSSR count). The van der Waals surface area contributed by atoms with Crippen LogP contribution in [0.5, 0.6) is 0 Å². The molecule has 3 N–H and O–H groups in total. The van der Waals surface area contributed by atoms with Crippen LogP contribution in [0.25, 0.3) is 11.1 Å². The Morgan fingerprint density at radius 3 is 2.34 bits per heavy atom. The molecule has 0 radical (unpaired) electrons. The van der Waals surface area contributed by atoms with Crippen LogP contribution in [-0.4, -0.2) is 26.8 Å². The van der Waals surface area contributed by atoms with Gasteiger partial charge in [0, 0.05) is 29.8 Å². The molecule has 0 unspecified atom stereocenters. The van der Waals surface area contributed by atoms with E-state index in [0.29, 0.717) is 17.1 Å². The van der Waals surface area contributed by atoms with Crippen molar-refractivity contribution in [2.45, 2.75) is 13.0 Å². The molecule has 190 valence electrons. The lowest BCUT2D eigenvalue weighted by Gasteiger charge is -2.18. The third-order valence-corrected chi connectivity index (χ3v) is 5.69. The number of aromatic nitrogens is 2. The minimum atomic E-state index is -1.03. The van der Waals surface area contributed by atoms with Crippen molar-refractivity contribution in [3.8, 4) is 23.0 Å². The quantitative estimate of drug-likeness (QED) is 0.217. The summed E-state index contributed by atoms with van der Waals surface area (Å²) in [5.41, 5.74) is 4.06. The highest BCUT2D eigenvalue weighted by Crippen LogP contribution is 2.29. The van der Waals surface area contributed by atoms with Gasteiger partial charge in [0.25, 0.3) is 0 Å². The molecule has 8 nitrogen and oxygen atoms in total. The molecule has 1 heterocycles. The second-order valence-corrected chi connectivity index (χ2v) is 8.41. The third kappa shape index (κ3) is 6.47. The Balaban J connectivity index is 1.40. The molecule has 0 bridgehead atoms. The Bertz CT molecular complexity index is 1510. The van der Waals surface area contributed by atoms with E-state index in [1.165, 1.54) is 24.3 Å². The number of anilines is 2. The zero-order chi connectivity index (χ0) is 27.1. The van der Waals surface area contributed by atoms with Gasteiger partial charge in [-0.1, -0.05) is 48.4 Å². The molecular formula is C30H26N4O4. The number of rotatable bonds is 8. The standard InChI is InChI=1S/C30H26N4O4/c1-20(23-7-5-4-6-8-23)38-21(2)32-29-27(19-31-34(29)3)24-12-9-22(10-13-24)11-18-28(35)33-26-16-14-25(15-17-26)30(36)37/h4-10,12-17,19-20,32H,2H2,1,3H3,(H,33,35)(H,36,37)/t20-/m1/s1. The van der Waals surface area contributed by atoms with E-state index in [2.05, 4.69) is 34.2 Å². The highest BCUT2D eigenvalue weighted by atomic mass is 16.5. The first-order valence-corrected chi connectivity index (χ1v) is 11.8. The van der Waals surface area contributed by atoms with Gasteiger partial charge in [-0.2, -0.15) is 5.10 Å². The Morgan fingerprint density at radius 2 is 1.68 bits per heavy atom. The minimum absolute atomic E-state index is 0.139. The molecule has 0 aliphatic carbocycles. The Morgan fingerprint density at radius 1 is 1.00 bits per heavy atom. The lowest BCUT2D eigenvalue weighted by atomic mass is 10.1. The number of carboxylic acids is 1. The normalized spacial score (nSPS) is 11.0. The van der Waals surface area contributed by atoms with E-state index < -0.39 is 11.9 Å². The molecule has 0 aliphatic heterocycles. The number of aromatic carboxylic acids is 1. The van der Waals surface area contributed by atoms with Gasteiger partial charge in [0.15, 0.2) is 5.88 Å². The zero-order valence-corrected chi connectivity index (χ0v) is 20.9. The molecule has 0 saturated carbocycles. The number of hydrogen-bond donors (Lipinski definition) is 3. The highest BCUT2D eigenvalue weighted by Gasteiger charge is 2.14. The van der Waals surface area contributed by atoms with Gasteiger partial charge in [-0.25, -0.2) is 4.79 Å². The average Bonchev–Trinajstić information content (AvgIpc) is 3.28. The minimum Gasteiger partial charge on any atom is -0.478 e. The van der Waals surface area contributed by atoms with Gasteiger partial charge < -0.3 is 20.5 Å². The second-order valence-electron chi connectivity index (χ2n) is 8.41. The van der Waals surface area contributed by atoms with E-state index in [-0.39, 0.29) is 11.7 Å². The Hall–Kier alpha value is -5.29. The maximum absolute atomic E-state index is 12.2. The van der Waals surface area contributed by atoms with Crippen molar-refractivity contribution >= 4 is 23.4 Å². The van der Waals surface area contributed by atoms with E-state index in [4.69, 9.17) is 9.84 Å². The highest BCUT2D eigenvalue weighted by molar-refractivity contribution is 6.04. The largest absolute Gasteiger partial charge is 0.478 e. The van der Waals surface area contributed by atoms with E-state index in [9.17, 15) is 9.59 Å². The van der Waals surface area contributed by atoms with Crippen molar-refractivity contribution in [1.29, 1.82) is 0 Å². The van der Waals surface area contributed by atoms with Crippen LogP contribution in [0.4, 0.5) is 11.5 Å². The predicted molar refractivity (Wildman–Crippen MR) is 146 cm³/mol. The number of carbonyl (C=O) groups excluding carboxylic acids is 1. The van der Waals surface area contributed by atoms with Crippen molar-refractivity contribution in [2.75, 3.05) is 10.6 Å². The van der Waals surface area contributed by atoms with Gasteiger partial charge >= 0.3 is 11.9 Å². The smallest absolute Gasteiger partial charge is 0.335 e. The molecule has 1 amide bonds. The first-order chi connectivity index (χ1) is 18.3. The molecule has 1 aromatic heterocycles. The van der Waals surface area contributed by atoms with Crippen molar-refractivity contribution in [2.24, 2.45) is 7.05 Å². The zero-order valence-electron chi connectivity index (χ0n) is 20.9. The number of aryl methyl sites for hydroxylation is 1. The van der Waals surface area contributed by atoms with Crippen LogP contribution in [0.3, 0.4) is 0 Å². The summed E-state index contributed by atoms with van der Waals surface area (Å²) in [6.45, 7) is 5.97. The lowest BCUT2D eigenvalue weighted by molar-refractivity contribution is -0.111. The van der Waals surface area contributed by atoms with Crippen molar-refractivity contribution in [3.05, 3.63) is 114 Å². The Labute approximate surface area is 220 Å². The summed E-state index contributed by atoms with van der Waals surface area (Å²) in [6.07, 6.45) is 1.58. The molecule has 3 aromatic carbocycles. The van der Waals surface area contributed by atoms with E-state index >= 15 is 0 Å². The second kappa shape index (κ2) is 11.6. The summed E-state index contributed by atoms with van der Waals surface area (Å²) in [5, 5.41) is 19.2. The van der Waals surface area contributed by atoms with Crippen LogP contribution >= 0.6 is 0 Å². The van der Waals surface area contributed by atoms with Gasteiger partial charge in [-0.15, -0.1) is 0 Å². The molecule has 8 heteroatoms. The van der Waals surface area contributed by atoms with Gasteiger partial charge in [0.2, 0.25) is 0 Å². The summed E-state index contributed by atoms with van der Waals surface area (Å²) >= 11 is 0. The van der Waals surface area contributed by atoms with Gasteiger partial charge in [-0.05, 0) is 61.0 Å². The summed E-state index contributed by atoms with van der Waals surface area (Å²) in [5.74, 6) is 4.97. The first-order valence-electron chi connectivity index (χ1n) is 11.8. The summed E-state index contributed by atoms with van der Waals surface area (Å²) in [7, 11) is 1.83. The van der Waals surface area contributed by atoms with Crippen LogP contribution in [-0.2, 0) is 16.6 Å². The molecular weight excluding hydrogens is 480 g/mol. The number of amides is 1.